The Kier molecular flexibility index (Phi) is 3.00. The van der Waals surface area contributed by atoms with Crippen LogP contribution in [0.1, 0.15) is 25.7 Å². The average Bonchev–Trinajstić information content (AvgIpc) is 2.60. The number of rotatable bonds is 2. The van der Waals surface area contributed by atoms with E-state index in [9.17, 15) is 0 Å². The maximum absolute atomic E-state index is 2.45. The standard InChI is InChI=1S/C6H11.C4H6.In/c1-6-4-2-3-5-6;1-3-4-2;/h6H,1-5H2;3-4H,1-2H2;. The number of allylic oxidation sites excluding steroid dienone is 2. The first kappa shape index (κ1) is 8.22. The van der Waals surface area contributed by atoms with Crippen LogP contribution in [-0.4, -0.2) is 21.4 Å². The summed E-state index contributed by atoms with van der Waals surface area (Å²) < 4.78 is 4.89. The van der Waals surface area contributed by atoms with Gasteiger partial charge in [0.05, 0.1) is 0 Å². The Morgan fingerprint density at radius 1 is 1.09 bits per heavy atom. The average molecular weight is 252 g/mol. The minimum atomic E-state index is -0.896. The van der Waals surface area contributed by atoms with Gasteiger partial charge in [0.15, 0.2) is 0 Å². The Morgan fingerprint density at radius 3 is 2.36 bits per heavy atom. The van der Waals surface area contributed by atoms with E-state index in [0.717, 1.165) is 0 Å². The van der Waals surface area contributed by atoms with Crippen molar-refractivity contribution in [3.05, 3.63) is 12.2 Å². The molecule has 0 atom stereocenters. The molecule has 0 saturated heterocycles. The third kappa shape index (κ3) is 2.27. The first-order chi connectivity index (χ1) is 5.45. The van der Waals surface area contributed by atoms with E-state index in [4.69, 9.17) is 0 Å². The molecular weight excluding hydrogens is 235 g/mol. The zero-order valence-corrected chi connectivity index (χ0v) is 10.6. The van der Waals surface area contributed by atoms with Crippen LogP contribution >= 0.6 is 0 Å². The fourth-order valence-corrected chi connectivity index (χ4v) is 11.6. The summed E-state index contributed by atoms with van der Waals surface area (Å²) in [6, 6.07) is 0. The Hall–Kier alpha value is 0.610. The van der Waals surface area contributed by atoms with Gasteiger partial charge in [0, 0.05) is 0 Å². The molecule has 0 aromatic heterocycles. The summed E-state index contributed by atoms with van der Waals surface area (Å²) in [4.78, 5) is 0. The summed E-state index contributed by atoms with van der Waals surface area (Å²) in [6.07, 6.45) is 11.1. The molecule has 0 aromatic rings. The summed E-state index contributed by atoms with van der Waals surface area (Å²) in [5, 5.41) is 0. The molecule has 1 heterocycles. The molecule has 0 amide bonds. The first-order valence-corrected chi connectivity index (χ1v) is 12.1. The summed E-state index contributed by atoms with van der Waals surface area (Å²) in [5.74, 6) is 1.19. The molecule has 1 aliphatic carbocycles. The molecule has 0 aromatic carbocycles. The molecule has 0 unspecified atom stereocenters. The van der Waals surface area contributed by atoms with Gasteiger partial charge in [0.2, 0.25) is 0 Å². The van der Waals surface area contributed by atoms with Gasteiger partial charge in [-0.1, -0.05) is 0 Å². The Morgan fingerprint density at radius 2 is 1.73 bits per heavy atom. The number of hydrogen-bond donors (Lipinski definition) is 0. The van der Waals surface area contributed by atoms with Gasteiger partial charge in [-0.05, 0) is 0 Å². The van der Waals surface area contributed by atoms with Crippen molar-refractivity contribution in [2.75, 3.05) is 0 Å². The molecule has 2 aliphatic rings. The molecule has 0 bridgehead atoms. The predicted molar refractivity (Wildman–Crippen MR) is 51.3 cm³/mol. The summed E-state index contributed by atoms with van der Waals surface area (Å²) in [7, 11) is 0. The van der Waals surface area contributed by atoms with E-state index in [1.54, 1.807) is 25.4 Å². The van der Waals surface area contributed by atoms with Gasteiger partial charge < -0.3 is 0 Å². The third-order valence-corrected chi connectivity index (χ3v) is 12.4. The molecule has 1 aliphatic heterocycles. The van der Waals surface area contributed by atoms with Crippen molar-refractivity contribution in [3.8, 4) is 0 Å². The van der Waals surface area contributed by atoms with E-state index in [1.165, 1.54) is 18.8 Å². The second-order valence-corrected chi connectivity index (χ2v) is 13.2. The van der Waals surface area contributed by atoms with Crippen molar-refractivity contribution in [1.29, 1.82) is 0 Å². The summed E-state index contributed by atoms with van der Waals surface area (Å²) in [6.45, 7) is 0. The van der Waals surface area contributed by atoms with Gasteiger partial charge in [0.25, 0.3) is 0 Å². The third-order valence-electron chi connectivity index (χ3n) is 3.25. The van der Waals surface area contributed by atoms with Crippen LogP contribution in [0.4, 0.5) is 0 Å². The molecule has 11 heavy (non-hydrogen) atoms. The van der Waals surface area contributed by atoms with E-state index in [2.05, 4.69) is 12.2 Å². The van der Waals surface area contributed by atoms with Gasteiger partial charge in [-0.3, -0.25) is 0 Å². The van der Waals surface area contributed by atoms with Crippen molar-refractivity contribution >= 4 is 21.4 Å². The van der Waals surface area contributed by atoms with E-state index >= 15 is 0 Å². The van der Waals surface area contributed by atoms with E-state index < -0.39 is 21.4 Å². The Balaban J connectivity index is 1.72. The first-order valence-electron chi connectivity index (χ1n) is 5.10. The second kappa shape index (κ2) is 4.02. The van der Waals surface area contributed by atoms with Crippen LogP contribution in [0.3, 0.4) is 0 Å². The number of hydrogen-bond acceptors (Lipinski definition) is 0. The van der Waals surface area contributed by atoms with Crippen molar-refractivity contribution in [2.45, 2.75) is 38.2 Å². The molecule has 1 fully saturated rings. The normalized spacial score (nSPS) is 25.3. The van der Waals surface area contributed by atoms with Gasteiger partial charge >= 0.3 is 77.7 Å². The maximum atomic E-state index is 2.45. The van der Waals surface area contributed by atoms with Crippen LogP contribution < -0.4 is 0 Å². The second-order valence-electron chi connectivity index (χ2n) is 4.20. The van der Waals surface area contributed by atoms with E-state index in [0.29, 0.717) is 0 Å². The van der Waals surface area contributed by atoms with Gasteiger partial charge in [0.1, 0.15) is 0 Å². The summed E-state index contributed by atoms with van der Waals surface area (Å²) in [5.41, 5.74) is 0. The quantitative estimate of drug-likeness (QED) is 0.662. The van der Waals surface area contributed by atoms with Gasteiger partial charge in [-0.2, -0.15) is 0 Å². The minimum absolute atomic E-state index is 0.896. The molecule has 2 rings (SSSR count). The van der Waals surface area contributed by atoms with Gasteiger partial charge in [-0.15, -0.1) is 0 Å². The van der Waals surface area contributed by atoms with Crippen LogP contribution in [0.5, 0.6) is 0 Å². The Bertz CT molecular complexity index is 137. The monoisotopic (exact) mass is 252 g/mol. The van der Waals surface area contributed by atoms with Crippen LogP contribution in [-0.2, 0) is 0 Å². The topological polar surface area (TPSA) is 0 Å². The van der Waals surface area contributed by atoms with Crippen LogP contribution in [0, 0.1) is 5.92 Å². The van der Waals surface area contributed by atoms with Crippen LogP contribution in [0.15, 0.2) is 12.2 Å². The molecule has 60 valence electrons. The molecule has 1 saturated carbocycles. The SMILES string of the molecule is C1=C[CH2][In]([CH2]C2CCCC2)[CH2]1. The van der Waals surface area contributed by atoms with Crippen molar-refractivity contribution in [1.82, 2.24) is 0 Å². The van der Waals surface area contributed by atoms with Crippen LogP contribution in [0.25, 0.3) is 0 Å². The molecule has 0 N–H and O–H groups in total. The Labute approximate surface area is 77.6 Å². The van der Waals surface area contributed by atoms with E-state index in [-0.39, 0.29) is 0 Å². The molecule has 1 heteroatoms. The van der Waals surface area contributed by atoms with Crippen molar-refractivity contribution in [2.24, 2.45) is 5.92 Å². The van der Waals surface area contributed by atoms with Crippen molar-refractivity contribution < 1.29 is 0 Å². The fourth-order valence-electron chi connectivity index (χ4n) is 2.58. The predicted octanol–water partition coefficient (Wildman–Crippen LogP) is 3.24. The summed E-state index contributed by atoms with van der Waals surface area (Å²) >= 11 is -0.896. The van der Waals surface area contributed by atoms with Crippen LogP contribution in [0.2, 0.25) is 12.5 Å². The molecule has 0 spiro atoms. The molecule has 0 radical (unpaired) electrons. The van der Waals surface area contributed by atoms with Crippen molar-refractivity contribution in [3.63, 3.8) is 0 Å². The zero-order chi connectivity index (χ0) is 7.52. The molecular formula is C10H17In. The molecule has 0 nitrogen and oxygen atoms in total. The zero-order valence-electron chi connectivity index (χ0n) is 7.26. The fraction of sp³-hybridized carbons (Fsp3) is 0.800. The van der Waals surface area contributed by atoms with E-state index in [1.807, 2.05) is 0 Å². The van der Waals surface area contributed by atoms with Gasteiger partial charge in [-0.25, -0.2) is 0 Å².